The van der Waals surface area contributed by atoms with E-state index in [9.17, 15) is 33.2 Å². The van der Waals surface area contributed by atoms with Crippen LogP contribution >= 0.6 is 0 Å². The summed E-state index contributed by atoms with van der Waals surface area (Å²) < 4.78 is 31.6. The molecule has 76 heavy (non-hydrogen) atoms. The Kier molecular flexibility index (Phi) is 17.9. The number of rotatable bonds is 14. The molecule has 2 saturated carbocycles. The summed E-state index contributed by atoms with van der Waals surface area (Å²) in [6.45, 7) is 7.49. The van der Waals surface area contributed by atoms with E-state index in [-0.39, 0.29) is 51.6 Å². The summed E-state index contributed by atoms with van der Waals surface area (Å²) in [5.74, 6) is 1.61. The second-order valence-corrected chi connectivity index (χ2v) is 17.4. The molecule has 4 aromatic carbocycles. The van der Waals surface area contributed by atoms with Crippen LogP contribution < -0.4 is 41.9 Å². The largest absolute Gasteiger partial charge is 0.457 e. The minimum atomic E-state index is -0.485. The minimum absolute atomic E-state index is 0.0241. The number of hydrogen-bond donors (Lipinski definition) is 4. The molecule has 0 aliphatic heterocycles. The molecule has 2 aliphatic rings. The lowest BCUT2D eigenvalue weighted by Gasteiger charge is -2.09. The van der Waals surface area contributed by atoms with Crippen molar-refractivity contribution < 1.29 is 33.0 Å². The van der Waals surface area contributed by atoms with Gasteiger partial charge in [0.2, 0.25) is 11.8 Å². The molecule has 0 atom stereocenters. The number of carbonyl (C=O) groups is 4. The molecule has 19 heteroatoms. The fourth-order valence-electron chi connectivity index (χ4n) is 7.59. The van der Waals surface area contributed by atoms with Crippen LogP contribution in [0.15, 0.2) is 149 Å². The predicted molar refractivity (Wildman–Crippen MR) is 290 cm³/mol. The predicted octanol–water partition coefficient (Wildman–Crippen LogP) is 10.00. The van der Waals surface area contributed by atoms with Crippen LogP contribution in [0.1, 0.15) is 71.6 Å². The normalized spacial score (nSPS) is 12.2. The maximum atomic E-state index is 13.9. The van der Waals surface area contributed by atoms with Crippen LogP contribution in [0.3, 0.4) is 0 Å². The standard InChI is InChI=1S/C27H25N5O4.C16H16FN3O2.C12H12N2O2.C2H6/c1-17-24(27(35)32(31(17)2)20-6-4-3-5-7-20)26(34)29-19-10-12-21(13-11-19)36-22-14-15-28-23(16-22)30-25(33)18-8-9-18;1-18-11-4-5-14(13(17)8-11)22-12-6-7-19-15(9-12)20-16(21)10-2-3-10;1-9-11(8-15)12(16)14(13(9)2)10-6-4-3-5-7-10;1-2/h3-7,10-16,18H,8-9H2,1-2H3,(H,29,34)(H,28,30,33);4-10,18H,2-3H2,1H3,(H,19,20,21);3-8H,1-2H3;1-2H3. The van der Waals surface area contributed by atoms with Gasteiger partial charge in [0.1, 0.15) is 40.0 Å². The van der Waals surface area contributed by atoms with E-state index in [1.54, 1.807) is 111 Å². The SMILES string of the molecule is CC.CNc1ccc(Oc2ccnc(NC(=O)C3CC3)c2)c(F)c1.Cc1c(C(=O)Nc2ccc(Oc3ccnc(NC(=O)C4CC4)c3)cc2)c(=O)n(-c2ccccc2)n1C.Cc1c(C=O)c(=O)n(-c2ccccc2)n1C. The topological polar surface area (TPSA) is 214 Å². The molecule has 0 bridgehead atoms. The number of carbonyl (C=O) groups excluding carboxylic acids is 4. The molecule has 2 aliphatic carbocycles. The highest BCUT2D eigenvalue weighted by Gasteiger charge is 2.31. The Bertz CT molecular complexity index is 3450. The van der Waals surface area contributed by atoms with Gasteiger partial charge in [0.15, 0.2) is 17.9 Å². The number of pyridine rings is 2. The van der Waals surface area contributed by atoms with Crippen LogP contribution in [-0.2, 0) is 23.7 Å². The number of nitrogens with zero attached hydrogens (tertiary/aromatic N) is 6. The van der Waals surface area contributed by atoms with Crippen molar-refractivity contribution in [3.05, 3.63) is 189 Å². The molecule has 4 N–H and O–H groups in total. The summed E-state index contributed by atoms with van der Waals surface area (Å²) >= 11 is 0. The molecule has 0 unspecified atom stereocenters. The second-order valence-electron chi connectivity index (χ2n) is 17.4. The third kappa shape index (κ3) is 13.4. The molecular weight excluding hydrogens is 972 g/mol. The van der Waals surface area contributed by atoms with Crippen molar-refractivity contribution in [1.82, 2.24) is 28.7 Å². The molecule has 2 fully saturated rings. The maximum Gasteiger partial charge on any atom is 0.284 e. The molecule has 18 nitrogen and oxygen atoms in total. The molecule has 4 aromatic heterocycles. The lowest BCUT2D eigenvalue weighted by molar-refractivity contribution is -0.118. The fourth-order valence-corrected chi connectivity index (χ4v) is 7.59. The van der Waals surface area contributed by atoms with Crippen molar-refractivity contribution in [2.24, 2.45) is 25.9 Å². The molecule has 3 amide bonds. The van der Waals surface area contributed by atoms with Gasteiger partial charge in [-0.15, -0.1) is 0 Å². The first kappa shape index (κ1) is 54.4. The number of nitrogens with one attached hydrogen (secondary N) is 4. The monoisotopic (exact) mass is 1030 g/mol. The van der Waals surface area contributed by atoms with Crippen LogP contribution in [0, 0.1) is 31.5 Å². The highest BCUT2D eigenvalue weighted by Crippen LogP contribution is 2.32. The number of anilines is 4. The summed E-state index contributed by atoms with van der Waals surface area (Å²) in [5.41, 5.74) is 3.48. The zero-order valence-corrected chi connectivity index (χ0v) is 43.2. The number of aldehydes is 1. The lowest BCUT2D eigenvalue weighted by Crippen LogP contribution is -2.25. The first-order valence-electron chi connectivity index (χ1n) is 24.6. The van der Waals surface area contributed by atoms with Crippen molar-refractivity contribution in [3.8, 4) is 34.4 Å². The molecule has 4 heterocycles. The summed E-state index contributed by atoms with van der Waals surface area (Å²) in [7, 11) is 5.22. The van der Waals surface area contributed by atoms with Gasteiger partial charge in [-0.3, -0.25) is 38.1 Å². The second kappa shape index (κ2) is 25.0. The fraction of sp³-hybridized carbons (Fsp3) is 0.228. The van der Waals surface area contributed by atoms with E-state index >= 15 is 0 Å². The van der Waals surface area contributed by atoms with Crippen molar-refractivity contribution in [2.45, 2.75) is 53.4 Å². The molecule has 8 aromatic rings. The highest BCUT2D eigenvalue weighted by atomic mass is 19.1. The van der Waals surface area contributed by atoms with E-state index in [2.05, 4.69) is 31.2 Å². The lowest BCUT2D eigenvalue weighted by atomic mass is 10.2. The number of aromatic nitrogens is 6. The number of ether oxygens (including phenoxy) is 2. The van der Waals surface area contributed by atoms with Gasteiger partial charge >= 0.3 is 0 Å². The molecule has 0 spiro atoms. The van der Waals surface area contributed by atoms with Gasteiger partial charge in [0, 0.05) is 80.6 Å². The van der Waals surface area contributed by atoms with E-state index < -0.39 is 11.7 Å². The Labute approximate surface area is 438 Å². The van der Waals surface area contributed by atoms with Gasteiger partial charge in [-0.2, -0.15) is 0 Å². The van der Waals surface area contributed by atoms with Gasteiger partial charge in [0.05, 0.1) is 17.1 Å². The first-order valence-corrected chi connectivity index (χ1v) is 24.6. The zero-order valence-electron chi connectivity index (χ0n) is 43.2. The van der Waals surface area contributed by atoms with Crippen molar-refractivity contribution in [2.75, 3.05) is 28.3 Å². The average molecular weight is 1030 g/mol. The van der Waals surface area contributed by atoms with Crippen LogP contribution in [0.5, 0.6) is 23.0 Å². The summed E-state index contributed by atoms with van der Waals surface area (Å²) in [4.78, 5) is 80.7. The van der Waals surface area contributed by atoms with Crippen LogP contribution in [0.2, 0.25) is 0 Å². The van der Waals surface area contributed by atoms with Crippen molar-refractivity contribution >= 4 is 47.0 Å². The van der Waals surface area contributed by atoms with Gasteiger partial charge < -0.3 is 30.7 Å². The van der Waals surface area contributed by atoms with Gasteiger partial charge in [0.25, 0.3) is 17.0 Å². The van der Waals surface area contributed by atoms with E-state index in [1.165, 1.54) is 21.6 Å². The maximum absolute atomic E-state index is 13.9. The number of halogens is 1. The average Bonchev–Trinajstić information content (AvgIpc) is 4.39. The Morgan fingerprint density at radius 2 is 1.09 bits per heavy atom. The Balaban J connectivity index is 0.000000178. The van der Waals surface area contributed by atoms with Gasteiger partial charge in [-0.25, -0.2) is 23.7 Å². The molecule has 392 valence electrons. The number of para-hydroxylation sites is 2. The summed E-state index contributed by atoms with van der Waals surface area (Å²) in [6.07, 6.45) is 7.36. The quantitative estimate of drug-likeness (QED) is 0.0752. The summed E-state index contributed by atoms with van der Waals surface area (Å²) in [5, 5.41) is 11.2. The van der Waals surface area contributed by atoms with Gasteiger partial charge in [-0.1, -0.05) is 50.2 Å². The van der Waals surface area contributed by atoms with Crippen LogP contribution in [0.4, 0.5) is 27.4 Å². The molecular formula is C57H59FN10O8. The third-order valence-corrected chi connectivity index (χ3v) is 12.2. The molecule has 0 saturated heterocycles. The van der Waals surface area contributed by atoms with E-state index in [1.807, 2.05) is 74.5 Å². The highest BCUT2D eigenvalue weighted by molar-refractivity contribution is 6.05. The zero-order chi connectivity index (χ0) is 54.5. The van der Waals surface area contributed by atoms with Gasteiger partial charge in [-0.05, 0) is 112 Å². The van der Waals surface area contributed by atoms with E-state index in [0.29, 0.717) is 63.6 Å². The van der Waals surface area contributed by atoms with E-state index in [0.717, 1.165) is 31.4 Å². The minimum Gasteiger partial charge on any atom is -0.457 e. The first-order chi connectivity index (χ1) is 36.7. The Morgan fingerprint density at radius 3 is 1.57 bits per heavy atom. The number of amides is 3. The summed E-state index contributed by atoms with van der Waals surface area (Å²) in [6, 6.07) is 36.4. The Morgan fingerprint density at radius 1 is 0.605 bits per heavy atom. The number of hydrogen-bond acceptors (Lipinski definition) is 11. The number of benzene rings is 4. The molecule has 0 radical (unpaired) electrons. The van der Waals surface area contributed by atoms with Crippen LogP contribution in [-0.4, -0.2) is 59.8 Å². The smallest absolute Gasteiger partial charge is 0.284 e. The van der Waals surface area contributed by atoms with Crippen LogP contribution in [0.25, 0.3) is 11.4 Å². The Hall–Kier alpha value is -9.39. The molecule has 10 rings (SSSR count). The van der Waals surface area contributed by atoms with Crippen molar-refractivity contribution in [1.29, 1.82) is 0 Å². The van der Waals surface area contributed by atoms with Crippen molar-refractivity contribution in [3.63, 3.8) is 0 Å². The van der Waals surface area contributed by atoms with E-state index in [4.69, 9.17) is 9.47 Å². The third-order valence-electron chi connectivity index (χ3n) is 12.2.